The van der Waals surface area contributed by atoms with Crippen molar-refractivity contribution in [1.82, 2.24) is 19.4 Å². The van der Waals surface area contributed by atoms with Gasteiger partial charge in [-0.1, -0.05) is 17.7 Å². The number of fused-ring (bicyclic) bond motifs is 1. The summed E-state index contributed by atoms with van der Waals surface area (Å²) in [5.41, 5.74) is 2.67. The lowest BCUT2D eigenvalue weighted by Gasteiger charge is -2.35. The topological polar surface area (TPSA) is 83.4 Å². The normalized spacial score (nSPS) is 14.3. The highest BCUT2D eigenvalue weighted by Gasteiger charge is 2.25. The second kappa shape index (κ2) is 7.71. The van der Waals surface area contributed by atoms with Gasteiger partial charge >= 0.3 is 6.03 Å². The van der Waals surface area contributed by atoms with Crippen molar-refractivity contribution >= 4 is 40.3 Å². The maximum atomic E-state index is 12.7. The number of amides is 2. The summed E-state index contributed by atoms with van der Waals surface area (Å²) >= 11 is 6.03. The molecule has 9 heteroatoms. The molecule has 1 fully saturated rings. The third-order valence-corrected chi connectivity index (χ3v) is 5.35. The summed E-state index contributed by atoms with van der Waals surface area (Å²) in [6.45, 7) is 3.94. The molecule has 0 saturated carbocycles. The van der Waals surface area contributed by atoms with Crippen LogP contribution in [-0.4, -0.2) is 51.6 Å². The number of anilines is 2. The van der Waals surface area contributed by atoms with E-state index in [1.54, 1.807) is 36.3 Å². The van der Waals surface area contributed by atoms with E-state index in [0.29, 0.717) is 53.9 Å². The molecule has 0 bridgehead atoms. The molecule has 1 aromatic carbocycles. The summed E-state index contributed by atoms with van der Waals surface area (Å²) in [6, 6.07) is 8.84. The van der Waals surface area contributed by atoms with Gasteiger partial charge in [0.05, 0.1) is 0 Å². The van der Waals surface area contributed by atoms with Crippen molar-refractivity contribution in [3.8, 4) is 0 Å². The molecule has 29 heavy (non-hydrogen) atoms. The van der Waals surface area contributed by atoms with Crippen LogP contribution in [0.1, 0.15) is 5.56 Å². The molecule has 2 aromatic heterocycles. The van der Waals surface area contributed by atoms with Crippen molar-refractivity contribution < 1.29 is 4.79 Å². The Balaban J connectivity index is 1.48. The van der Waals surface area contributed by atoms with Crippen LogP contribution in [0, 0.1) is 6.92 Å². The first kappa shape index (κ1) is 19.2. The van der Waals surface area contributed by atoms with Gasteiger partial charge in [-0.2, -0.15) is 0 Å². The lowest BCUT2D eigenvalue weighted by molar-refractivity contribution is 0.208. The quantitative estimate of drug-likeness (QED) is 0.699. The summed E-state index contributed by atoms with van der Waals surface area (Å²) in [4.78, 5) is 37.7. The number of nitrogens with zero attached hydrogens (tertiary/aromatic N) is 5. The number of halogens is 1. The zero-order chi connectivity index (χ0) is 20.5. The molecule has 3 aromatic rings. The van der Waals surface area contributed by atoms with Crippen LogP contribution in [-0.2, 0) is 7.05 Å². The van der Waals surface area contributed by atoms with E-state index in [-0.39, 0.29) is 11.6 Å². The molecule has 1 aliphatic heterocycles. The lowest BCUT2D eigenvalue weighted by Crippen LogP contribution is -2.51. The number of piperazine rings is 1. The van der Waals surface area contributed by atoms with Gasteiger partial charge in [0.2, 0.25) is 0 Å². The second-order valence-corrected chi connectivity index (χ2v) is 7.45. The molecule has 4 rings (SSSR count). The summed E-state index contributed by atoms with van der Waals surface area (Å²) in [5.74, 6) is 0.388. The number of pyridine rings is 1. The minimum Gasteiger partial charge on any atom is -0.348 e. The molecule has 0 atom stereocenters. The first-order valence-corrected chi connectivity index (χ1v) is 9.70. The standard InChI is InChI=1S/C20H21ClN6O2/c1-13-5-6-14(21)12-16(13)24-20(29)27-10-8-26(9-11-27)18-19(28)25(2)17-15(23-18)4-3-7-22-17/h3-7,12H,8-11H2,1-2H3,(H,24,29). The van der Waals surface area contributed by atoms with E-state index in [4.69, 9.17) is 11.6 Å². The summed E-state index contributed by atoms with van der Waals surface area (Å²) in [5, 5.41) is 3.49. The number of hydrogen-bond donors (Lipinski definition) is 1. The third-order valence-electron chi connectivity index (χ3n) is 5.11. The number of nitrogens with one attached hydrogen (secondary N) is 1. The van der Waals surface area contributed by atoms with Crippen molar-refractivity contribution in [1.29, 1.82) is 0 Å². The second-order valence-electron chi connectivity index (χ2n) is 7.01. The Bertz CT molecular complexity index is 1140. The Morgan fingerprint density at radius 1 is 1.17 bits per heavy atom. The van der Waals surface area contributed by atoms with E-state index in [1.165, 1.54) is 4.57 Å². The lowest BCUT2D eigenvalue weighted by atomic mass is 10.2. The predicted molar refractivity (Wildman–Crippen MR) is 114 cm³/mol. The molecule has 1 N–H and O–H groups in total. The Kier molecular flexibility index (Phi) is 5.10. The van der Waals surface area contributed by atoms with E-state index >= 15 is 0 Å². The van der Waals surface area contributed by atoms with E-state index in [9.17, 15) is 9.59 Å². The number of rotatable bonds is 2. The van der Waals surface area contributed by atoms with Crippen LogP contribution in [0.15, 0.2) is 41.3 Å². The highest BCUT2D eigenvalue weighted by molar-refractivity contribution is 6.31. The van der Waals surface area contributed by atoms with Crippen LogP contribution < -0.4 is 15.8 Å². The molecule has 1 aliphatic rings. The van der Waals surface area contributed by atoms with Gasteiger partial charge in [0, 0.05) is 50.1 Å². The van der Waals surface area contributed by atoms with E-state index in [2.05, 4.69) is 15.3 Å². The van der Waals surface area contributed by atoms with Gasteiger partial charge < -0.3 is 15.1 Å². The maximum Gasteiger partial charge on any atom is 0.321 e. The van der Waals surface area contributed by atoms with Crippen molar-refractivity contribution in [2.45, 2.75) is 6.92 Å². The van der Waals surface area contributed by atoms with Crippen LogP contribution in [0.4, 0.5) is 16.3 Å². The maximum absolute atomic E-state index is 12.7. The minimum atomic E-state index is -0.191. The minimum absolute atomic E-state index is 0.182. The van der Waals surface area contributed by atoms with Crippen LogP contribution in [0.5, 0.6) is 0 Å². The number of carbonyl (C=O) groups is 1. The predicted octanol–water partition coefficient (Wildman–Crippen LogP) is 2.64. The number of aryl methyl sites for hydroxylation is 2. The van der Waals surface area contributed by atoms with Crippen molar-refractivity contribution in [3.63, 3.8) is 0 Å². The average Bonchev–Trinajstić information content (AvgIpc) is 2.73. The van der Waals surface area contributed by atoms with E-state index in [1.807, 2.05) is 24.0 Å². The largest absolute Gasteiger partial charge is 0.348 e. The molecule has 2 amide bonds. The molecule has 0 spiro atoms. The molecular weight excluding hydrogens is 392 g/mol. The van der Waals surface area contributed by atoms with Crippen LogP contribution >= 0.6 is 11.6 Å². The van der Waals surface area contributed by atoms with Crippen LogP contribution in [0.2, 0.25) is 5.02 Å². The molecular formula is C20H21ClN6O2. The molecule has 0 aliphatic carbocycles. The number of aromatic nitrogens is 3. The molecule has 1 saturated heterocycles. The molecule has 150 valence electrons. The smallest absolute Gasteiger partial charge is 0.321 e. The van der Waals surface area contributed by atoms with Crippen LogP contribution in [0.25, 0.3) is 11.2 Å². The number of benzene rings is 1. The summed E-state index contributed by atoms with van der Waals surface area (Å²) in [6.07, 6.45) is 1.64. The fourth-order valence-corrected chi connectivity index (χ4v) is 3.56. The van der Waals surface area contributed by atoms with Crippen molar-refractivity contribution in [2.75, 3.05) is 36.4 Å². The van der Waals surface area contributed by atoms with Gasteiger partial charge in [0.15, 0.2) is 11.5 Å². The molecule has 0 radical (unpaired) electrons. The average molecular weight is 413 g/mol. The number of urea groups is 1. The van der Waals surface area contributed by atoms with Gasteiger partial charge in [-0.3, -0.25) is 9.36 Å². The van der Waals surface area contributed by atoms with Crippen LogP contribution in [0.3, 0.4) is 0 Å². The Hall–Kier alpha value is -3.13. The zero-order valence-corrected chi connectivity index (χ0v) is 17.0. The fraction of sp³-hybridized carbons (Fsp3) is 0.300. The number of hydrogen-bond acceptors (Lipinski definition) is 5. The molecule has 3 heterocycles. The third kappa shape index (κ3) is 3.75. The van der Waals surface area contributed by atoms with Gasteiger partial charge in [0.25, 0.3) is 5.56 Å². The van der Waals surface area contributed by atoms with Gasteiger partial charge in [-0.05, 0) is 36.8 Å². The highest BCUT2D eigenvalue weighted by Crippen LogP contribution is 2.21. The van der Waals surface area contributed by atoms with Crippen molar-refractivity contribution in [2.24, 2.45) is 7.05 Å². The number of carbonyl (C=O) groups excluding carboxylic acids is 1. The first-order valence-electron chi connectivity index (χ1n) is 9.33. The summed E-state index contributed by atoms with van der Waals surface area (Å²) in [7, 11) is 1.69. The fourth-order valence-electron chi connectivity index (χ4n) is 3.39. The van der Waals surface area contributed by atoms with Gasteiger partial charge in [-0.15, -0.1) is 0 Å². The Morgan fingerprint density at radius 3 is 2.69 bits per heavy atom. The first-order chi connectivity index (χ1) is 13.9. The molecule has 0 unspecified atom stereocenters. The van der Waals surface area contributed by atoms with E-state index < -0.39 is 0 Å². The monoisotopic (exact) mass is 412 g/mol. The Labute approximate surface area is 172 Å². The highest BCUT2D eigenvalue weighted by atomic mass is 35.5. The molecule has 8 nitrogen and oxygen atoms in total. The van der Waals surface area contributed by atoms with Crippen molar-refractivity contribution in [3.05, 3.63) is 57.5 Å². The van der Waals surface area contributed by atoms with Gasteiger partial charge in [0.1, 0.15) is 5.52 Å². The van der Waals surface area contributed by atoms with Gasteiger partial charge in [-0.25, -0.2) is 14.8 Å². The zero-order valence-electron chi connectivity index (χ0n) is 16.2. The van der Waals surface area contributed by atoms with E-state index in [0.717, 1.165) is 5.56 Å². The Morgan fingerprint density at radius 2 is 1.93 bits per heavy atom. The SMILES string of the molecule is Cc1ccc(Cl)cc1NC(=O)N1CCN(c2nc3cccnc3n(C)c2=O)CC1. The summed E-state index contributed by atoms with van der Waals surface area (Å²) < 4.78 is 1.51.